The Morgan fingerprint density at radius 3 is 2.43 bits per heavy atom. The summed E-state index contributed by atoms with van der Waals surface area (Å²) in [5.74, 6) is 0. The molecule has 1 N–H and O–H groups in total. The van der Waals surface area contributed by atoms with Gasteiger partial charge in [-0.1, -0.05) is 34.1 Å². The first kappa shape index (κ1) is 17.3. The maximum Gasteiger partial charge on any atom is 0.321 e. The van der Waals surface area contributed by atoms with E-state index in [2.05, 4.69) is 26.1 Å². The van der Waals surface area contributed by atoms with Crippen molar-refractivity contribution < 1.29 is 4.79 Å². The average Bonchev–Trinajstić information content (AvgIpc) is 2.49. The molecule has 0 aliphatic rings. The van der Waals surface area contributed by atoms with Gasteiger partial charge in [0.25, 0.3) is 0 Å². The zero-order valence-electron chi connectivity index (χ0n) is 13.9. The molecule has 0 saturated heterocycles. The molecule has 0 spiro atoms. The van der Waals surface area contributed by atoms with E-state index in [4.69, 9.17) is 0 Å². The Morgan fingerprint density at radius 1 is 1.13 bits per heavy atom. The number of anilines is 2. The molecule has 5 heteroatoms. The summed E-state index contributed by atoms with van der Waals surface area (Å²) in [6.45, 7) is 2.58. The number of rotatable bonds is 4. The van der Waals surface area contributed by atoms with Gasteiger partial charge in [-0.2, -0.15) is 0 Å². The number of urea groups is 1. The van der Waals surface area contributed by atoms with Gasteiger partial charge in [-0.25, -0.2) is 4.79 Å². The lowest BCUT2D eigenvalue weighted by Gasteiger charge is -2.20. The third-order valence-corrected chi connectivity index (χ3v) is 4.42. The molecule has 0 bridgehead atoms. The van der Waals surface area contributed by atoms with Crippen LogP contribution in [0.1, 0.15) is 11.1 Å². The second-order valence-electron chi connectivity index (χ2n) is 5.77. The highest BCUT2D eigenvalue weighted by atomic mass is 79.9. The predicted molar refractivity (Wildman–Crippen MR) is 100 cm³/mol. The molecular weight excluding hydrogens is 354 g/mol. The van der Waals surface area contributed by atoms with Crippen LogP contribution in [-0.4, -0.2) is 32.1 Å². The SMILES string of the molecule is Cc1cc(NC(=O)N(C)Cc2ccccc2Br)ccc1N(C)C. The minimum absolute atomic E-state index is 0.127. The number of hydrogen-bond donors (Lipinski definition) is 1. The van der Waals surface area contributed by atoms with Crippen LogP contribution < -0.4 is 10.2 Å². The van der Waals surface area contributed by atoms with Crippen molar-refractivity contribution in [1.29, 1.82) is 0 Å². The smallest absolute Gasteiger partial charge is 0.321 e. The fourth-order valence-corrected chi connectivity index (χ4v) is 2.82. The molecule has 0 fully saturated rings. The van der Waals surface area contributed by atoms with Gasteiger partial charge in [0.05, 0.1) is 0 Å². The van der Waals surface area contributed by atoms with E-state index < -0.39 is 0 Å². The molecule has 0 aliphatic carbocycles. The summed E-state index contributed by atoms with van der Waals surface area (Å²) in [4.78, 5) is 16.1. The second-order valence-corrected chi connectivity index (χ2v) is 6.63. The van der Waals surface area contributed by atoms with Gasteiger partial charge in [-0.3, -0.25) is 0 Å². The van der Waals surface area contributed by atoms with Crippen LogP contribution in [0.5, 0.6) is 0 Å². The molecule has 0 atom stereocenters. The molecule has 0 radical (unpaired) electrons. The predicted octanol–water partition coefficient (Wildman–Crippen LogP) is 4.49. The lowest BCUT2D eigenvalue weighted by atomic mass is 10.1. The molecule has 0 saturated carbocycles. The van der Waals surface area contributed by atoms with Crippen molar-refractivity contribution >= 4 is 33.3 Å². The molecular formula is C18H22BrN3O. The highest BCUT2D eigenvalue weighted by Crippen LogP contribution is 2.22. The van der Waals surface area contributed by atoms with Crippen molar-refractivity contribution in [3.63, 3.8) is 0 Å². The normalized spacial score (nSPS) is 10.3. The molecule has 4 nitrogen and oxygen atoms in total. The number of halogens is 1. The quantitative estimate of drug-likeness (QED) is 0.854. The Balaban J connectivity index is 2.04. The molecule has 0 aromatic heterocycles. The molecule has 2 aromatic rings. The van der Waals surface area contributed by atoms with Gasteiger partial charge in [0.2, 0.25) is 0 Å². The molecule has 2 rings (SSSR count). The van der Waals surface area contributed by atoms with Gasteiger partial charge in [0.1, 0.15) is 0 Å². The van der Waals surface area contributed by atoms with Crippen molar-refractivity contribution in [3.05, 3.63) is 58.1 Å². The van der Waals surface area contributed by atoms with Crippen LogP contribution in [0.3, 0.4) is 0 Å². The summed E-state index contributed by atoms with van der Waals surface area (Å²) in [7, 11) is 5.80. The third kappa shape index (κ3) is 4.48. The van der Waals surface area contributed by atoms with Crippen LogP contribution >= 0.6 is 15.9 Å². The van der Waals surface area contributed by atoms with E-state index in [0.29, 0.717) is 6.54 Å². The largest absolute Gasteiger partial charge is 0.377 e. The van der Waals surface area contributed by atoms with Gasteiger partial charge in [0.15, 0.2) is 0 Å². The second kappa shape index (κ2) is 7.51. The summed E-state index contributed by atoms with van der Waals surface area (Å²) in [6.07, 6.45) is 0. The Hall–Kier alpha value is -2.01. The van der Waals surface area contributed by atoms with Crippen LogP contribution in [0.25, 0.3) is 0 Å². The van der Waals surface area contributed by atoms with Crippen LogP contribution in [0.15, 0.2) is 46.9 Å². The van der Waals surface area contributed by atoms with Crippen LogP contribution in [0.2, 0.25) is 0 Å². The van der Waals surface area contributed by atoms with Crippen molar-refractivity contribution in [2.45, 2.75) is 13.5 Å². The number of amides is 2. The number of aryl methyl sites for hydroxylation is 1. The highest BCUT2D eigenvalue weighted by molar-refractivity contribution is 9.10. The Labute approximate surface area is 146 Å². The number of hydrogen-bond acceptors (Lipinski definition) is 2. The minimum Gasteiger partial charge on any atom is -0.377 e. The van der Waals surface area contributed by atoms with E-state index in [1.165, 1.54) is 0 Å². The van der Waals surface area contributed by atoms with E-state index in [0.717, 1.165) is 27.0 Å². The Bertz CT molecular complexity index is 700. The number of nitrogens with zero attached hydrogens (tertiary/aromatic N) is 2. The van der Waals surface area contributed by atoms with Gasteiger partial charge in [0, 0.05) is 43.5 Å². The number of carbonyl (C=O) groups is 1. The molecule has 0 aliphatic heterocycles. The summed E-state index contributed by atoms with van der Waals surface area (Å²) in [5, 5.41) is 2.94. The standard InChI is InChI=1S/C18H22BrN3O/c1-13-11-15(9-10-17(13)21(2)3)20-18(23)22(4)12-14-7-5-6-8-16(14)19/h5-11H,12H2,1-4H3,(H,20,23). The molecule has 23 heavy (non-hydrogen) atoms. The maximum absolute atomic E-state index is 12.3. The molecule has 2 amide bonds. The van der Waals surface area contributed by atoms with Gasteiger partial charge < -0.3 is 15.1 Å². The van der Waals surface area contributed by atoms with Crippen molar-refractivity contribution in [2.24, 2.45) is 0 Å². The Morgan fingerprint density at radius 2 is 1.83 bits per heavy atom. The molecule has 2 aromatic carbocycles. The summed E-state index contributed by atoms with van der Waals surface area (Å²) in [5.41, 5.74) is 4.15. The van der Waals surface area contributed by atoms with E-state index in [1.54, 1.807) is 11.9 Å². The maximum atomic E-state index is 12.3. The van der Waals surface area contributed by atoms with Gasteiger partial charge in [-0.05, 0) is 42.3 Å². The van der Waals surface area contributed by atoms with Gasteiger partial charge in [-0.15, -0.1) is 0 Å². The summed E-state index contributed by atoms with van der Waals surface area (Å²) >= 11 is 3.51. The van der Waals surface area contributed by atoms with Gasteiger partial charge >= 0.3 is 6.03 Å². The average molecular weight is 376 g/mol. The first-order valence-corrected chi connectivity index (χ1v) is 8.21. The summed E-state index contributed by atoms with van der Waals surface area (Å²) in [6, 6.07) is 13.7. The molecule has 0 unspecified atom stereocenters. The zero-order chi connectivity index (χ0) is 17.0. The zero-order valence-corrected chi connectivity index (χ0v) is 15.5. The highest BCUT2D eigenvalue weighted by Gasteiger charge is 2.11. The number of nitrogens with one attached hydrogen (secondary N) is 1. The van der Waals surface area contributed by atoms with E-state index in [1.807, 2.05) is 63.5 Å². The monoisotopic (exact) mass is 375 g/mol. The summed E-state index contributed by atoms with van der Waals surface area (Å²) < 4.78 is 1.01. The van der Waals surface area contributed by atoms with Crippen molar-refractivity contribution in [1.82, 2.24) is 4.90 Å². The van der Waals surface area contributed by atoms with E-state index in [9.17, 15) is 4.79 Å². The molecule has 0 heterocycles. The number of benzene rings is 2. The fraction of sp³-hybridized carbons (Fsp3) is 0.278. The number of carbonyl (C=O) groups excluding carboxylic acids is 1. The lowest BCUT2D eigenvalue weighted by molar-refractivity contribution is 0.220. The fourth-order valence-electron chi connectivity index (χ4n) is 2.41. The van der Waals surface area contributed by atoms with Crippen LogP contribution in [-0.2, 0) is 6.54 Å². The Kier molecular flexibility index (Phi) is 5.66. The minimum atomic E-state index is -0.127. The lowest BCUT2D eigenvalue weighted by Crippen LogP contribution is -2.31. The van der Waals surface area contributed by atoms with E-state index >= 15 is 0 Å². The van der Waals surface area contributed by atoms with Crippen LogP contribution in [0.4, 0.5) is 16.2 Å². The van der Waals surface area contributed by atoms with E-state index in [-0.39, 0.29) is 6.03 Å². The van der Waals surface area contributed by atoms with Crippen LogP contribution in [0, 0.1) is 6.92 Å². The topological polar surface area (TPSA) is 35.6 Å². The molecule has 122 valence electrons. The first-order valence-electron chi connectivity index (χ1n) is 7.42. The van der Waals surface area contributed by atoms with Crippen molar-refractivity contribution in [3.8, 4) is 0 Å². The third-order valence-electron chi connectivity index (χ3n) is 3.64. The van der Waals surface area contributed by atoms with Crippen molar-refractivity contribution in [2.75, 3.05) is 31.4 Å². The first-order chi connectivity index (χ1) is 10.9.